The van der Waals surface area contributed by atoms with E-state index in [0.717, 1.165) is 12.1 Å². The zero-order chi connectivity index (χ0) is 14.9. The van der Waals surface area contributed by atoms with Gasteiger partial charge in [0.25, 0.3) is 0 Å². The van der Waals surface area contributed by atoms with Gasteiger partial charge in [0.05, 0.1) is 11.5 Å². The van der Waals surface area contributed by atoms with Crippen LogP contribution in [0.15, 0.2) is 28.8 Å². The van der Waals surface area contributed by atoms with E-state index in [1.165, 1.54) is 19.1 Å². The molecule has 0 aliphatic rings. The average Bonchev–Trinajstić information content (AvgIpc) is 2.87. The van der Waals surface area contributed by atoms with Gasteiger partial charge >= 0.3 is 12.6 Å². The summed E-state index contributed by atoms with van der Waals surface area (Å²) in [6.07, 6.45) is -7.36. The Labute approximate surface area is 110 Å². The van der Waals surface area contributed by atoms with E-state index in [-0.39, 0.29) is 11.5 Å². The van der Waals surface area contributed by atoms with Gasteiger partial charge in [-0.2, -0.15) is 18.2 Å². The summed E-state index contributed by atoms with van der Waals surface area (Å²) in [6.45, 7) is 1.50. The third kappa shape index (κ3) is 2.94. The van der Waals surface area contributed by atoms with Gasteiger partial charge in [-0.25, -0.2) is 8.78 Å². The number of halogens is 5. The number of hydrogen-bond acceptors (Lipinski definition) is 3. The second-order valence-electron chi connectivity index (χ2n) is 4.14. The molecule has 1 atom stereocenters. The van der Waals surface area contributed by atoms with Crippen molar-refractivity contribution in [2.75, 3.05) is 0 Å². The highest BCUT2D eigenvalue weighted by Gasteiger charge is 2.31. The van der Waals surface area contributed by atoms with E-state index in [1.54, 1.807) is 0 Å². The van der Waals surface area contributed by atoms with E-state index >= 15 is 0 Å². The van der Waals surface area contributed by atoms with Gasteiger partial charge in [0.2, 0.25) is 11.7 Å². The van der Waals surface area contributed by atoms with Crippen LogP contribution in [-0.4, -0.2) is 10.1 Å². The molecular weight excluding hydrogens is 283 g/mol. The standard InChI is InChI=1S/C12H9F5N2O/c1-6(11-18-10(9(13)14)19-20-11)7-3-2-4-8(5-7)12(15,16)17/h2-6,9H,1H3. The van der Waals surface area contributed by atoms with Crippen LogP contribution in [0.2, 0.25) is 0 Å². The lowest BCUT2D eigenvalue weighted by Gasteiger charge is -2.11. The van der Waals surface area contributed by atoms with E-state index in [0.29, 0.717) is 0 Å². The molecule has 3 nitrogen and oxygen atoms in total. The summed E-state index contributed by atoms with van der Waals surface area (Å²) in [7, 11) is 0. The third-order valence-corrected chi connectivity index (χ3v) is 2.74. The van der Waals surface area contributed by atoms with Crippen LogP contribution in [0.25, 0.3) is 0 Å². The zero-order valence-corrected chi connectivity index (χ0v) is 10.2. The quantitative estimate of drug-likeness (QED) is 0.797. The summed E-state index contributed by atoms with van der Waals surface area (Å²) in [5.41, 5.74) is -0.570. The molecule has 0 N–H and O–H groups in total. The van der Waals surface area contributed by atoms with Gasteiger partial charge in [-0.15, -0.1) is 0 Å². The Morgan fingerprint density at radius 2 is 1.90 bits per heavy atom. The first-order valence-electron chi connectivity index (χ1n) is 5.58. The van der Waals surface area contributed by atoms with Gasteiger partial charge in [0.15, 0.2) is 0 Å². The number of alkyl halides is 5. The topological polar surface area (TPSA) is 38.9 Å². The number of aromatic nitrogens is 2. The van der Waals surface area contributed by atoms with Crippen molar-refractivity contribution in [1.82, 2.24) is 10.1 Å². The molecule has 0 aliphatic carbocycles. The van der Waals surface area contributed by atoms with Crippen molar-refractivity contribution in [3.63, 3.8) is 0 Å². The predicted octanol–water partition coefficient (Wildman–Crippen LogP) is 4.18. The Bertz CT molecular complexity index is 594. The first-order chi connectivity index (χ1) is 9.29. The van der Waals surface area contributed by atoms with Crippen LogP contribution in [0.5, 0.6) is 0 Å². The second-order valence-corrected chi connectivity index (χ2v) is 4.14. The molecule has 2 aromatic rings. The smallest absolute Gasteiger partial charge is 0.338 e. The molecular formula is C12H9F5N2O. The molecule has 0 amide bonds. The van der Waals surface area contributed by atoms with E-state index < -0.39 is 29.9 Å². The average molecular weight is 292 g/mol. The monoisotopic (exact) mass is 292 g/mol. The van der Waals surface area contributed by atoms with Crippen LogP contribution < -0.4 is 0 Å². The molecule has 108 valence electrons. The number of nitrogens with zero attached hydrogens (tertiary/aromatic N) is 2. The minimum absolute atomic E-state index is 0.153. The van der Waals surface area contributed by atoms with E-state index in [9.17, 15) is 22.0 Å². The fourth-order valence-corrected chi connectivity index (χ4v) is 1.64. The van der Waals surface area contributed by atoms with Crippen molar-refractivity contribution in [1.29, 1.82) is 0 Å². The Morgan fingerprint density at radius 3 is 2.45 bits per heavy atom. The maximum Gasteiger partial charge on any atom is 0.416 e. The summed E-state index contributed by atoms with van der Waals surface area (Å²) < 4.78 is 67.1. The first kappa shape index (κ1) is 14.4. The highest BCUT2D eigenvalue weighted by atomic mass is 19.4. The van der Waals surface area contributed by atoms with Gasteiger partial charge in [-0.1, -0.05) is 23.4 Å². The van der Waals surface area contributed by atoms with Crippen LogP contribution in [-0.2, 0) is 6.18 Å². The van der Waals surface area contributed by atoms with Gasteiger partial charge in [0.1, 0.15) is 0 Å². The van der Waals surface area contributed by atoms with E-state index in [2.05, 4.69) is 14.7 Å². The summed E-state index contributed by atoms with van der Waals surface area (Å²) in [5, 5.41) is 3.08. The summed E-state index contributed by atoms with van der Waals surface area (Å²) in [4.78, 5) is 3.47. The second kappa shape index (κ2) is 5.18. The van der Waals surface area contributed by atoms with Gasteiger partial charge in [0, 0.05) is 0 Å². The van der Waals surface area contributed by atoms with Crippen LogP contribution in [0, 0.1) is 0 Å². The van der Waals surface area contributed by atoms with Crippen molar-refractivity contribution < 1.29 is 26.5 Å². The Kier molecular flexibility index (Phi) is 3.74. The summed E-state index contributed by atoms with van der Waals surface area (Å²) in [6, 6.07) is 4.52. The Morgan fingerprint density at radius 1 is 1.20 bits per heavy atom. The molecule has 8 heteroatoms. The minimum Gasteiger partial charge on any atom is -0.338 e. The van der Waals surface area contributed by atoms with Crippen molar-refractivity contribution >= 4 is 0 Å². The highest BCUT2D eigenvalue weighted by Crippen LogP contribution is 2.32. The highest BCUT2D eigenvalue weighted by molar-refractivity contribution is 5.30. The molecule has 1 aromatic carbocycles. The Hall–Kier alpha value is -1.99. The molecule has 1 aromatic heterocycles. The van der Waals surface area contributed by atoms with E-state index in [4.69, 9.17) is 0 Å². The lowest BCUT2D eigenvalue weighted by Crippen LogP contribution is -2.06. The van der Waals surface area contributed by atoms with E-state index in [1.807, 2.05) is 0 Å². The zero-order valence-electron chi connectivity index (χ0n) is 10.2. The molecule has 1 heterocycles. The number of benzene rings is 1. The molecule has 0 radical (unpaired) electrons. The first-order valence-corrected chi connectivity index (χ1v) is 5.58. The predicted molar refractivity (Wildman–Crippen MR) is 58.2 cm³/mol. The van der Waals surface area contributed by atoms with Gasteiger partial charge < -0.3 is 4.52 Å². The van der Waals surface area contributed by atoms with Gasteiger partial charge in [-0.05, 0) is 18.6 Å². The third-order valence-electron chi connectivity index (χ3n) is 2.74. The number of hydrogen-bond donors (Lipinski definition) is 0. The van der Waals surface area contributed by atoms with Crippen molar-refractivity contribution in [2.24, 2.45) is 0 Å². The normalized spacial score (nSPS) is 13.8. The van der Waals surface area contributed by atoms with Crippen LogP contribution >= 0.6 is 0 Å². The Balaban J connectivity index is 2.30. The van der Waals surface area contributed by atoms with Crippen molar-refractivity contribution in [3.8, 4) is 0 Å². The molecule has 1 unspecified atom stereocenters. The SMILES string of the molecule is CC(c1cccc(C(F)(F)F)c1)c1nc(C(F)F)no1. The van der Waals surface area contributed by atoms with Crippen molar-refractivity contribution in [3.05, 3.63) is 47.1 Å². The molecule has 0 bridgehead atoms. The van der Waals surface area contributed by atoms with Crippen molar-refractivity contribution in [2.45, 2.75) is 25.4 Å². The fourth-order valence-electron chi connectivity index (χ4n) is 1.64. The maximum atomic E-state index is 12.6. The number of rotatable bonds is 3. The minimum atomic E-state index is -4.47. The molecule has 0 saturated heterocycles. The largest absolute Gasteiger partial charge is 0.416 e. The fraction of sp³-hybridized carbons (Fsp3) is 0.333. The molecule has 0 fully saturated rings. The molecule has 0 spiro atoms. The molecule has 2 rings (SSSR count). The summed E-state index contributed by atoms with van der Waals surface area (Å²) in [5.74, 6) is -1.64. The molecule has 20 heavy (non-hydrogen) atoms. The molecule has 0 saturated carbocycles. The van der Waals surface area contributed by atoms with Gasteiger partial charge in [-0.3, -0.25) is 0 Å². The summed E-state index contributed by atoms with van der Waals surface area (Å²) >= 11 is 0. The lowest BCUT2D eigenvalue weighted by molar-refractivity contribution is -0.137. The van der Waals surface area contributed by atoms with Crippen LogP contribution in [0.1, 0.15) is 42.1 Å². The maximum absolute atomic E-state index is 12.6. The van der Waals surface area contributed by atoms with Crippen LogP contribution in [0.4, 0.5) is 22.0 Å². The molecule has 0 aliphatic heterocycles. The van der Waals surface area contributed by atoms with Crippen LogP contribution in [0.3, 0.4) is 0 Å². The lowest BCUT2D eigenvalue weighted by atomic mass is 9.99.